The Morgan fingerprint density at radius 3 is 2.71 bits per heavy atom. The van der Waals surface area contributed by atoms with Gasteiger partial charge in [0.15, 0.2) is 10.8 Å². The zero-order valence-electron chi connectivity index (χ0n) is 11.3. The van der Waals surface area contributed by atoms with E-state index in [4.69, 9.17) is 0 Å². The van der Waals surface area contributed by atoms with E-state index >= 15 is 0 Å². The smallest absolute Gasteiger partial charge is 0.212 e. The first kappa shape index (κ1) is 13.2. The van der Waals surface area contributed by atoms with Gasteiger partial charge < -0.3 is 10.6 Å². The molecule has 21 heavy (non-hydrogen) atoms. The Labute approximate surface area is 125 Å². The second kappa shape index (κ2) is 5.69. The number of benzene rings is 1. The molecule has 1 aromatic carbocycles. The maximum atomic E-state index is 10.4. The van der Waals surface area contributed by atoms with Crippen LogP contribution >= 0.6 is 11.3 Å². The number of aromatic nitrogens is 2. The monoisotopic (exact) mass is 296 g/mol. The Hall–Kier alpha value is -2.78. The van der Waals surface area contributed by atoms with E-state index in [-0.39, 0.29) is 0 Å². The van der Waals surface area contributed by atoms with E-state index in [1.165, 1.54) is 11.3 Å². The Bertz CT molecular complexity index is 805. The molecule has 0 aliphatic heterocycles. The van der Waals surface area contributed by atoms with Gasteiger partial charge in [0.2, 0.25) is 6.41 Å². The molecule has 0 spiro atoms. The van der Waals surface area contributed by atoms with Crippen molar-refractivity contribution in [3.8, 4) is 11.8 Å². The molecule has 0 saturated heterocycles. The number of nitrogens with one attached hydrogen (secondary N) is 2. The van der Waals surface area contributed by atoms with Crippen molar-refractivity contribution in [1.29, 1.82) is 0 Å². The van der Waals surface area contributed by atoms with Crippen molar-refractivity contribution in [3.05, 3.63) is 47.1 Å². The zero-order valence-corrected chi connectivity index (χ0v) is 12.1. The summed E-state index contributed by atoms with van der Waals surface area (Å²) in [5.74, 6) is 6.79. The lowest BCUT2D eigenvalue weighted by molar-refractivity contribution is -0.105. The number of nitrogens with zero attached hydrogens (tertiary/aromatic N) is 2. The SMILES string of the molecule is CNc1ccc(C#Cc2cn3cc(NC=O)nc3s2)cc1. The Morgan fingerprint density at radius 1 is 1.24 bits per heavy atom. The number of anilines is 2. The summed E-state index contributed by atoms with van der Waals surface area (Å²) in [6.45, 7) is 0. The average Bonchev–Trinajstić information content (AvgIpc) is 3.04. The fraction of sp³-hybridized carbons (Fsp3) is 0.0667. The molecule has 0 aliphatic rings. The highest BCUT2D eigenvalue weighted by Crippen LogP contribution is 2.19. The number of carbonyl (C=O) groups excluding carboxylic acids is 1. The predicted octanol–water partition coefficient (Wildman–Crippen LogP) is 2.41. The molecule has 2 aromatic heterocycles. The van der Waals surface area contributed by atoms with Gasteiger partial charge in [-0.25, -0.2) is 4.98 Å². The third kappa shape index (κ3) is 2.88. The minimum absolute atomic E-state index is 0.540. The second-order valence-electron chi connectivity index (χ2n) is 4.25. The maximum absolute atomic E-state index is 10.4. The molecule has 0 unspecified atom stereocenters. The Kier molecular flexibility index (Phi) is 3.58. The minimum Gasteiger partial charge on any atom is -0.388 e. The van der Waals surface area contributed by atoms with E-state index in [0.29, 0.717) is 12.2 Å². The van der Waals surface area contributed by atoms with Gasteiger partial charge in [0.05, 0.1) is 11.1 Å². The summed E-state index contributed by atoms with van der Waals surface area (Å²) in [6.07, 6.45) is 4.27. The number of rotatable bonds is 3. The summed E-state index contributed by atoms with van der Waals surface area (Å²) in [4.78, 5) is 16.3. The largest absolute Gasteiger partial charge is 0.388 e. The molecule has 0 fully saturated rings. The molecule has 0 aliphatic carbocycles. The highest BCUT2D eigenvalue weighted by molar-refractivity contribution is 7.17. The van der Waals surface area contributed by atoms with Crippen LogP contribution in [-0.4, -0.2) is 22.8 Å². The Balaban J connectivity index is 1.82. The molecule has 5 nitrogen and oxygen atoms in total. The predicted molar refractivity (Wildman–Crippen MR) is 84.7 cm³/mol. The van der Waals surface area contributed by atoms with Gasteiger partial charge >= 0.3 is 0 Å². The molecular weight excluding hydrogens is 284 g/mol. The lowest BCUT2D eigenvalue weighted by atomic mass is 10.2. The molecule has 1 amide bonds. The van der Waals surface area contributed by atoms with Gasteiger partial charge in [-0.2, -0.15) is 0 Å². The molecule has 104 valence electrons. The van der Waals surface area contributed by atoms with Crippen molar-refractivity contribution < 1.29 is 4.79 Å². The van der Waals surface area contributed by atoms with Crippen molar-refractivity contribution in [1.82, 2.24) is 9.38 Å². The summed E-state index contributed by atoms with van der Waals surface area (Å²) >= 11 is 1.48. The summed E-state index contributed by atoms with van der Waals surface area (Å²) < 4.78 is 1.85. The quantitative estimate of drug-likeness (QED) is 0.576. The highest BCUT2D eigenvalue weighted by atomic mass is 32.1. The van der Waals surface area contributed by atoms with Crippen molar-refractivity contribution in [2.45, 2.75) is 0 Å². The number of fused-ring (bicyclic) bond motifs is 1. The zero-order chi connectivity index (χ0) is 14.7. The van der Waals surface area contributed by atoms with Crippen LogP contribution in [0, 0.1) is 11.8 Å². The summed E-state index contributed by atoms with van der Waals surface area (Å²) in [7, 11) is 1.88. The number of amides is 1. The molecule has 3 aromatic rings. The fourth-order valence-electron chi connectivity index (χ4n) is 1.84. The molecule has 0 bridgehead atoms. The van der Waals surface area contributed by atoms with Gasteiger partial charge in [-0.1, -0.05) is 17.3 Å². The third-order valence-corrected chi connectivity index (χ3v) is 3.78. The van der Waals surface area contributed by atoms with Crippen LogP contribution in [0.1, 0.15) is 10.4 Å². The number of carbonyl (C=O) groups is 1. The van der Waals surface area contributed by atoms with E-state index < -0.39 is 0 Å². The molecule has 3 rings (SSSR count). The summed E-state index contributed by atoms with van der Waals surface area (Å²) in [6, 6.07) is 7.93. The maximum Gasteiger partial charge on any atom is 0.212 e. The van der Waals surface area contributed by atoms with Crippen LogP contribution in [0.15, 0.2) is 36.7 Å². The first-order valence-corrected chi connectivity index (χ1v) is 7.09. The molecule has 0 saturated carbocycles. The van der Waals surface area contributed by atoms with E-state index in [9.17, 15) is 4.79 Å². The summed E-state index contributed by atoms with van der Waals surface area (Å²) in [5.41, 5.74) is 2.02. The molecule has 2 N–H and O–H groups in total. The van der Waals surface area contributed by atoms with E-state index in [1.807, 2.05) is 41.9 Å². The third-order valence-electron chi connectivity index (χ3n) is 2.87. The molecule has 2 heterocycles. The number of thiazole rings is 1. The standard InChI is InChI=1S/C15H12N4OS/c1-16-12-5-2-11(3-6-12)4-7-13-8-19-9-14(17-10-20)18-15(19)21-13/h2-3,5-6,8-10,16H,1H3,(H,17,20). The topological polar surface area (TPSA) is 58.4 Å². The van der Waals surface area contributed by atoms with Gasteiger partial charge in [0, 0.05) is 24.5 Å². The molecule has 6 heteroatoms. The number of hydrogen-bond donors (Lipinski definition) is 2. The van der Waals surface area contributed by atoms with Gasteiger partial charge in [-0.05, 0) is 30.2 Å². The van der Waals surface area contributed by atoms with Crippen molar-refractivity contribution in [2.75, 3.05) is 17.7 Å². The lowest BCUT2D eigenvalue weighted by Crippen LogP contribution is -1.92. The van der Waals surface area contributed by atoms with Gasteiger partial charge in [-0.15, -0.1) is 0 Å². The van der Waals surface area contributed by atoms with Crippen LogP contribution in [-0.2, 0) is 4.79 Å². The Morgan fingerprint density at radius 2 is 2.05 bits per heavy atom. The molecule has 0 radical (unpaired) electrons. The van der Waals surface area contributed by atoms with Crippen LogP contribution in [0.4, 0.5) is 11.5 Å². The normalized spacial score (nSPS) is 9.95. The van der Waals surface area contributed by atoms with Gasteiger partial charge in [0.1, 0.15) is 0 Å². The van der Waals surface area contributed by atoms with Crippen LogP contribution in [0.25, 0.3) is 4.96 Å². The van der Waals surface area contributed by atoms with Crippen molar-refractivity contribution in [2.24, 2.45) is 0 Å². The summed E-state index contributed by atoms with van der Waals surface area (Å²) in [5, 5.41) is 5.59. The minimum atomic E-state index is 0.540. The van der Waals surface area contributed by atoms with Gasteiger partial charge in [-0.3, -0.25) is 9.20 Å². The van der Waals surface area contributed by atoms with Crippen LogP contribution in [0.5, 0.6) is 0 Å². The van der Waals surface area contributed by atoms with Crippen molar-refractivity contribution >= 4 is 34.2 Å². The second-order valence-corrected chi connectivity index (χ2v) is 5.26. The van der Waals surface area contributed by atoms with E-state index in [0.717, 1.165) is 21.1 Å². The van der Waals surface area contributed by atoms with E-state index in [2.05, 4.69) is 27.5 Å². The van der Waals surface area contributed by atoms with Gasteiger partial charge in [0.25, 0.3) is 0 Å². The molecular formula is C15H12N4OS. The van der Waals surface area contributed by atoms with Crippen LogP contribution in [0.3, 0.4) is 0 Å². The van der Waals surface area contributed by atoms with E-state index in [1.54, 1.807) is 6.20 Å². The first-order valence-electron chi connectivity index (χ1n) is 6.27. The number of hydrogen-bond acceptors (Lipinski definition) is 4. The fourth-order valence-corrected chi connectivity index (χ4v) is 2.66. The lowest BCUT2D eigenvalue weighted by Gasteiger charge is -1.97. The highest BCUT2D eigenvalue weighted by Gasteiger charge is 2.04. The van der Waals surface area contributed by atoms with Crippen LogP contribution in [0.2, 0.25) is 0 Å². The first-order chi connectivity index (χ1) is 10.3. The van der Waals surface area contributed by atoms with Crippen LogP contribution < -0.4 is 10.6 Å². The molecule has 0 atom stereocenters. The number of imidazole rings is 1. The average molecular weight is 296 g/mol. The van der Waals surface area contributed by atoms with Crippen molar-refractivity contribution in [3.63, 3.8) is 0 Å².